The molecule has 2 rings (SSSR count). The quantitative estimate of drug-likeness (QED) is 0.711. The fraction of sp³-hybridized carbons (Fsp3) is 0.409. The highest BCUT2D eigenvalue weighted by Crippen LogP contribution is 2.36. The predicted octanol–water partition coefficient (Wildman–Crippen LogP) is 5.15. The largest absolute Gasteiger partial charge is 0.497 e. The molecule has 0 radical (unpaired) electrons. The third-order valence-corrected chi connectivity index (χ3v) is 4.32. The molecule has 0 saturated carbocycles. The summed E-state index contributed by atoms with van der Waals surface area (Å²) in [6.07, 6.45) is 0.0234. The van der Waals surface area contributed by atoms with Gasteiger partial charge in [0, 0.05) is 0 Å². The van der Waals surface area contributed by atoms with Crippen molar-refractivity contribution in [1.29, 1.82) is 0 Å². The molecule has 4 heteroatoms. The Hall–Kier alpha value is -2.49. The second kappa shape index (κ2) is 8.75. The molecule has 0 saturated heterocycles. The van der Waals surface area contributed by atoms with Gasteiger partial charge in [-0.15, -0.1) is 0 Å². The van der Waals surface area contributed by atoms with Gasteiger partial charge >= 0.3 is 5.97 Å². The van der Waals surface area contributed by atoms with E-state index in [0.29, 0.717) is 6.61 Å². The summed E-state index contributed by atoms with van der Waals surface area (Å²) >= 11 is 0. The van der Waals surface area contributed by atoms with Crippen LogP contribution < -0.4 is 9.47 Å². The number of carboxylic acid groups (broad SMARTS) is 1. The fourth-order valence-corrected chi connectivity index (χ4v) is 2.96. The van der Waals surface area contributed by atoms with Crippen molar-refractivity contribution in [1.82, 2.24) is 0 Å². The van der Waals surface area contributed by atoms with Crippen LogP contribution in [-0.4, -0.2) is 18.2 Å². The van der Waals surface area contributed by atoms with Gasteiger partial charge in [-0.05, 0) is 46.2 Å². The number of rotatable bonds is 8. The van der Waals surface area contributed by atoms with Crippen LogP contribution in [0.2, 0.25) is 0 Å². The summed E-state index contributed by atoms with van der Waals surface area (Å²) in [5.41, 5.74) is 3.95. The van der Waals surface area contributed by atoms with E-state index in [1.165, 1.54) is 0 Å². The van der Waals surface area contributed by atoms with Crippen LogP contribution in [0.25, 0.3) is 0 Å². The number of carbonyl (C=O) groups is 1. The van der Waals surface area contributed by atoms with Crippen molar-refractivity contribution < 1.29 is 19.4 Å². The van der Waals surface area contributed by atoms with Gasteiger partial charge in [-0.1, -0.05) is 52.0 Å². The van der Waals surface area contributed by atoms with Crippen LogP contribution in [0.3, 0.4) is 0 Å². The molecular formula is C22H28O4. The molecule has 0 heterocycles. The summed E-state index contributed by atoms with van der Waals surface area (Å²) in [6.45, 7) is 8.84. The predicted molar refractivity (Wildman–Crippen MR) is 103 cm³/mol. The number of benzene rings is 2. The zero-order valence-corrected chi connectivity index (χ0v) is 16.2. The van der Waals surface area contributed by atoms with Gasteiger partial charge < -0.3 is 14.6 Å². The Morgan fingerprint density at radius 2 is 1.62 bits per heavy atom. The van der Waals surface area contributed by atoms with Gasteiger partial charge in [-0.25, -0.2) is 0 Å². The van der Waals surface area contributed by atoms with E-state index in [0.717, 1.165) is 33.8 Å². The Labute approximate surface area is 155 Å². The molecule has 0 fully saturated rings. The van der Waals surface area contributed by atoms with Gasteiger partial charge in [0.1, 0.15) is 18.1 Å². The number of carboxylic acids is 1. The van der Waals surface area contributed by atoms with Gasteiger partial charge in [0.2, 0.25) is 0 Å². The molecule has 0 aromatic heterocycles. The fourth-order valence-electron chi connectivity index (χ4n) is 2.96. The molecule has 2 aromatic rings. The van der Waals surface area contributed by atoms with Crippen LogP contribution in [0, 0.1) is 0 Å². The lowest BCUT2D eigenvalue weighted by atomic mass is 9.90. The summed E-state index contributed by atoms with van der Waals surface area (Å²) in [5, 5.41) is 9.15. The molecule has 0 spiro atoms. The average Bonchev–Trinajstić information content (AvgIpc) is 2.59. The lowest BCUT2D eigenvalue weighted by molar-refractivity contribution is -0.136. The zero-order valence-electron chi connectivity index (χ0n) is 16.2. The van der Waals surface area contributed by atoms with Gasteiger partial charge in [0.25, 0.3) is 0 Å². The van der Waals surface area contributed by atoms with E-state index < -0.39 is 5.97 Å². The molecule has 2 aromatic carbocycles. The van der Waals surface area contributed by atoms with Crippen molar-refractivity contribution in [2.45, 2.75) is 52.6 Å². The monoisotopic (exact) mass is 356 g/mol. The first-order valence-electron chi connectivity index (χ1n) is 8.96. The first-order chi connectivity index (χ1) is 12.3. The molecular weight excluding hydrogens is 328 g/mol. The Morgan fingerprint density at radius 1 is 1.00 bits per heavy atom. The summed E-state index contributed by atoms with van der Waals surface area (Å²) in [6, 6.07) is 11.7. The Balaban J connectivity index is 2.39. The SMILES string of the molecule is COc1cccc(COc2c(C(C)C)cc(CC(=O)O)cc2C(C)C)c1. The van der Waals surface area contributed by atoms with Crippen molar-refractivity contribution >= 4 is 5.97 Å². The van der Waals surface area contributed by atoms with Crippen LogP contribution in [0.1, 0.15) is 61.8 Å². The summed E-state index contributed by atoms with van der Waals surface area (Å²) in [5.74, 6) is 1.32. The molecule has 26 heavy (non-hydrogen) atoms. The highest BCUT2D eigenvalue weighted by atomic mass is 16.5. The van der Waals surface area contributed by atoms with Gasteiger partial charge in [-0.2, -0.15) is 0 Å². The highest BCUT2D eigenvalue weighted by molar-refractivity contribution is 5.70. The summed E-state index contributed by atoms with van der Waals surface area (Å²) in [4.78, 5) is 11.1. The molecule has 0 aliphatic rings. The normalized spacial score (nSPS) is 11.0. The van der Waals surface area contributed by atoms with Gasteiger partial charge in [0.15, 0.2) is 0 Å². The van der Waals surface area contributed by atoms with E-state index >= 15 is 0 Å². The van der Waals surface area contributed by atoms with E-state index in [4.69, 9.17) is 14.6 Å². The zero-order chi connectivity index (χ0) is 19.3. The molecule has 4 nitrogen and oxygen atoms in total. The van der Waals surface area contributed by atoms with Crippen molar-refractivity contribution in [3.63, 3.8) is 0 Å². The molecule has 0 atom stereocenters. The number of methoxy groups -OCH3 is 1. The van der Waals surface area contributed by atoms with Crippen LogP contribution >= 0.6 is 0 Å². The molecule has 0 amide bonds. The Bertz CT molecular complexity index is 733. The smallest absolute Gasteiger partial charge is 0.307 e. The van der Waals surface area contributed by atoms with Gasteiger partial charge in [-0.3, -0.25) is 4.79 Å². The van der Waals surface area contributed by atoms with E-state index in [9.17, 15) is 4.79 Å². The average molecular weight is 356 g/mol. The topological polar surface area (TPSA) is 55.8 Å². The first-order valence-corrected chi connectivity index (χ1v) is 8.96. The number of hydrogen-bond acceptors (Lipinski definition) is 3. The third kappa shape index (κ3) is 5.01. The van der Waals surface area contributed by atoms with Crippen LogP contribution in [-0.2, 0) is 17.8 Å². The number of ether oxygens (including phenoxy) is 2. The number of aliphatic carboxylic acids is 1. The van der Waals surface area contributed by atoms with Crippen LogP contribution in [0.15, 0.2) is 36.4 Å². The molecule has 140 valence electrons. The second-order valence-electron chi connectivity index (χ2n) is 7.12. The Kier molecular flexibility index (Phi) is 6.67. The highest BCUT2D eigenvalue weighted by Gasteiger charge is 2.18. The molecule has 0 aliphatic heterocycles. The van der Waals surface area contributed by atoms with E-state index in [1.54, 1.807) is 7.11 Å². The minimum atomic E-state index is -0.820. The lowest BCUT2D eigenvalue weighted by Gasteiger charge is -2.22. The minimum absolute atomic E-state index is 0.0234. The van der Waals surface area contributed by atoms with Crippen LogP contribution in [0.5, 0.6) is 11.5 Å². The van der Waals surface area contributed by atoms with Crippen molar-refractivity contribution in [2.24, 2.45) is 0 Å². The Morgan fingerprint density at radius 3 is 2.12 bits per heavy atom. The van der Waals surface area contributed by atoms with E-state index in [-0.39, 0.29) is 18.3 Å². The van der Waals surface area contributed by atoms with Crippen molar-refractivity contribution in [3.8, 4) is 11.5 Å². The molecule has 1 N–H and O–H groups in total. The maximum absolute atomic E-state index is 11.1. The van der Waals surface area contributed by atoms with E-state index in [1.807, 2.05) is 36.4 Å². The third-order valence-electron chi connectivity index (χ3n) is 4.32. The summed E-state index contributed by atoms with van der Waals surface area (Å²) < 4.78 is 11.5. The second-order valence-corrected chi connectivity index (χ2v) is 7.12. The van der Waals surface area contributed by atoms with Crippen LogP contribution in [0.4, 0.5) is 0 Å². The molecule has 0 bridgehead atoms. The number of hydrogen-bond donors (Lipinski definition) is 1. The first kappa shape index (κ1) is 19.8. The van der Waals surface area contributed by atoms with Gasteiger partial charge in [0.05, 0.1) is 13.5 Å². The molecule has 0 aliphatic carbocycles. The summed E-state index contributed by atoms with van der Waals surface area (Å²) in [7, 11) is 1.65. The maximum atomic E-state index is 11.1. The van der Waals surface area contributed by atoms with E-state index in [2.05, 4.69) is 27.7 Å². The van der Waals surface area contributed by atoms with Crippen molar-refractivity contribution in [3.05, 3.63) is 58.7 Å². The minimum Gasteiger partial charge on any atom is -0.497 e. The lowest BCUT2D eigenvalue weighted by Crippen LogP contribution is -2.08. The van der Waals surface area contributed by atoms with Crippen molar-refractivity contribution in [2.75, 3.05) is 7.11 Å². The maximum Gasteiger partial charge on any atom is 0.307 e. The molecule has 0 unspecified atom stereocenters. The standard InChI is InChI=1S/C22H28O4/c1-14(2)19-10-17(12-21(23)24)11-20(15(3)4)22(19)26-13-16-7-6-8-18(9-16)25-5/h6-11,14-15H,12-13H2,1-5H3,(H,23,24).